The third kappa shape index (κ3) is 4.36. The molecule has 1 aromatic carbocycles. The van der Waals surface area contributed by atoms with Gasteiger partial charge >= 0.3 is 6.18 Å². The van der Waals surface area contributed by atoms with E-state index >= 15 is 0 Å². The van der Waals surface area contributed by atoms with Crippen LogP contribution in [0.1, 0.15) is 12.5 Å². The first-order valence-electron chi connectivity index (χ1n) is 10.5. The zero-order chi connectivity index (χ0) is 24.5. The Kier molecular flexibility index (Phi) is 6.10. The van der Waals surface area contributed by atoms with Crippen molar-refractivity contribution in [1.29, 1.82) is 5.41 Å². The maximum atomic E-state index is 13.7. The fourth-order valence-electron chi connectivity index (χ4n) is 3.66. The quantitative estimate of drug-likeness (QED) is 0.554. The molecule has 34 heavy (non-hydrogen) atoms. The summed E-state index contributed by atoms with van der Waals surface area (Å²) in [5, 5.41) is 11.5. The third-order valence-corrected chi connectivity index (χ3v) is 5.24. The molecule has 0 aliphatic heterocycles. The summed E-state index contributed by atoms with van der Waals surface area (Å²) in [6.07, 6.45) is 3.67. The van der Waals surface area contributed by atoms with Crippen LogP contribution in [0.2, 0.25) is 0 Å². The molecule has 3 aromatic rings. The van der Waals surface area contributed by atoms with Crippen LogP contribution in [0.5, 0.6) is 5.88 Å². The molecule has 9 heteroatoms. The van der Waals surface area contributed by atoms with Gasteiger partial charge < -0.3 is 15.5 Å². The van der Waals surface area contributed by atoms with Crippen LogP contribution >= 0.6 is 0 Å². The van der Waals surface area contributed by atoms with Crippen LogP contribution in [0.4, 0.5) is 13.2 Å². The number of ether oxygens (including phenoxy) is 1. The summed E-state index contributed by atoms with van der Waals surface area (Å²) in [6.45, 7) is 2.17. The van der Waals surface area contributed by atoms with Crippen LogP contribution in [0.3, 0.4) is 0 Å². The minimum Gasteiger partial charge on any atom is -0.478 e. The summed E-state index contributed by atoms with van der Waals surface area (Å²) in [6, 6.07) is 7.84. The molecular formula is C25H21F3N4O2. The Hall–Kier alpha value is -4.14. The lowest BCUT2D eigenvalue weighted by atomic mass is 10.0. The van der Waals surface area contributed by atoms with Gasteiger partial charge in [-0.15, -0.1) is 0 Å². The van der Waals surface area contributed by atoms with Gasteiger partial charge in [0.05, 0.1) is 29.0 Å². The SMILES string of the molecule is CCOc1ccc2cn(C3=C/C(=C/NC)C(=N)C=C3)c(=O)c(-c3ccc(C(F)(F)F)cc3)c2n1. The highest BCUT2D eigenvalue weighted by Crippen LogP contribution is 2.32. The second-order valence-corrected chi connectivity index (χ2v) is 7.48. The minimum absolute atomic E-state index is 0.155. The maximum absolute atomic E-state index is 13.7. The number of hydrogen-bond donors (Lipinski definition) is 2. The predicted octanol–water partition coefficient (Wildman–Crippen LogP) is 5.01. The molecular weight excluding hydrogens is 445 g/mol. The van der Waals surface area contributed by atoms with Crippen LogP contribution in [-0.4, -0.2) is 28.9 Å². The number of benzene rings is 1. The first-order chi connectivity index (χ1) is 16.2. The van der Waals surface area contributed by atoms with E-state index in [1.807, 2.05) is 0 Å². The molecule has 0 spiro atoms. The molecule has 2 aromatic heterocycles. The van der Waals surface area contributed by atoms with Crippen molar-refractivity contribution in [2.24, 2.45) is 0 Å². The Morgan fingerprint density at radius 3 is 2.53 bits per heavy atom. The lowest BCUT2D eigenvalue weighted by Gasteiger charge is -2.16. The summed E-state index contributed by atoms with van der Waals surface area (Å²) in [4.78, 5) is 18.1. The molecule has 0 saturated heterocycles. The van der Waals surface area contributed by atoms with Crippen LogP contribution in [0, 0.1) is 5.41 Å². The van der Waals surface area contributed by atoms with Crippen LogP contribution < -0.4 is 15.6 Å². The molecule has 0 radical (unpaired) electrons. The summed E-state index contributed by atoms with van der Waals surface area (Å²) >= 11 is 0. The summed E-state index contributed by atoms with van der Waals surface area (Å²) < 4.78 is 46.2. The van der Waals surface area contributed by atoms with Crippen molar-refractivity contribution in [2.45, 2.75) is 13.1 Å². The Balaban J connectivity index is 1.98. The molecule has 0 atom stereocenters. The largest absolute Gasteiger partial charge is 0.478 e. The Morgan fingerprint density at radius 1 is 1.15 bits per heavy atom. The van der Waals surface area contributed by atoms with E-state index in [1.165, 1.54) is 16.7 Å². The molecule has 1 aliphatic carbocycles. The van der Waals surface area contributed by atoms with Gasteiger partial charge in [-0.1, -0.05) is 12.1 Å². The first kappa shape index (κ1) is 23.0. The van der Waals surface area contributed by atoms with Gasteiger partial charge in [-0.2, -0.15) is 13.2 Å². The molecule has 0 unspecified atom stereocenters. The van der Waals surface area contributed by atoms with Gasteiger partial charge in [0.15, 0.2) is 0 Å². The summed E-state index contributed by atoms with van der Waals surface area (Å²) in [7, 11) is 1.71. The van der Waals surface area contributed by atoms with Gasteiger partial charge in [0, 0.05) is 42.2 Å². The zero-order valence-corrected chi connectivity index (χ0v) is 18.4. The number of alkyl halides is 3. The second kappa shape index (κ2) is 9.01. The molecule has 0 fully saturated rings. The molecule has 0 saturated carbocycles. The summed E-state index contributed by atoms with van der Waals surface area (Å²) in [5.41, 5.74) is 0.877. The average Bonchev–Trinajstić information content (AvgIpc) is 2.80. The number of pyridine rings is 2. The van der Waals surface area contributed by atoms with Gasteiger partial charge in [-0.25, -0.2) is 4.98 Å². The van der Waals surface area contributed by atoms with E-state index in [-0.39, 0.29) is 11.3 Å². The molecule has 2 N–H and O–H groups in total. The smallest absolute Gasteiger partial charge is 0.416 e. The highest BCUT2D eigenvalue weighted by molar-refractivity contribution is 6.12. The van der Waals surface area contributed by atoms with E-state index in [1.54, 1.807) is 56.7 Å². The van der Waals surface area contributed by atoms with Crippen LogP contribution in [-0.2, 0) is 6.18 Å². The standard InChI is InChI=1S/C25H21F3N4O2/c1-3-34-21-11-6-16-14-32(19-9-10-20(29)17(12-19)13-30-2)24(33)22(23(16)31-21)15-4-7-18(8-5-15)25(26,27)28/h4-14,29-30H,3H2,1-2H3/b17-13-,29-20?. The lowest BCUT2D eigenvalue weighted by Crippen LogP contribution is -2.22. The number of rotatable bonds is 5. The van der Waals surface area contributed by atoms with Gasteiger partial charge in [0.1, 0.15) is 0 Å². The Bertz CT molecular complexity index is 1420. The minimum atomic E-state index is -4.49. The molecule has 174 valence electrons. The van der Waals surface area contributed by atoms with Crippen molar-refractivity contribution in [3.63, 3.8) is 0 Å². The Morgan fingerprint density at radius 2 is 1.88 bits per heavy atom. The Labute approximate surface area is 193 Å². The third-order valence-electron chi connectivity index (χ3n) is 5.24. The fraction of sp³-hybridized carbons (Fsp3) is 0.160. The van der Waals surface area contributed by atoms with Crippen molar-refractivity contribution < 1.29 is 17.9 Å². The normalized spacial score (nSPS) is 15.0. The van der Waals surface area contributed by atoms with Crippen molar-refractivity contribution >= 4 is 22.3 Å². The molecule has 0 bridgehead atoms. The maximum Gasteiger partial charge on any atom is 0.416 e. The number of allylic oxidation sites excluding steroid dienone is 5. The van der Waals surface area contributed by atoms with Crippen LogP contribution in [0.15, 0.2) is 77.4 Å². The van der Waals surface area contributed by atoms with E-state index in [0.717, 1.165) is 12.1 Å². The number of aromatic nitrogens is 2. The fourth-order valence-corrected chi connectivity index (χ4v) is 3.66. The van der Waals surface area contributed by atoms with E-state index in [2.05, 4.69) is 10.3 Å². The number of fused-ring (bicyclic) bond motifs is 1. The van der Waals surface area contributed by atoms with Gasteiger partial charge in [-0.05, 0) is 48.9 Å². The molecule has 6 nitrogen and oxygen atoms in total. The lowest BCUT2D eigenvalue weighted by molar-refractivity contribution is -0.137. The molecule has 4 rings (SSSR count). The van der Waals surface area contributed by atoms with Crippen molar-refractivity contribution in [3.05, 3.63) is 88.5 Å². The molecule has 1 aliphatic rings. The molecule has 2 heterocycles. The zero-order valence-electron chi connectivity index (χ0n) is 18.4. The van der Waals surface area contributed by atoms with Crippen molar-refractivity contribution in [2.75, 3.05) is 13.7 Å². The first-order valence-corrected chi connectivity index (χ1v) is 10.5. The van der Waals surface area contributed by atoms with E-state index in [9.17, 15) is 18.0 Å². The number of nitrogens with one attached hydrogen (secondary N) is 2. The predicted molar refractivity (Wildman–Crippen MR) is 126 cm³/mol. The van der Waals surface area contributed by atoms with E-state index < -0.39 is 17.3 Å². The highest BCUT2D eigenvalue weighted by Gasteiger charge is 2.30. The van der Waals surface area contributed by atoms with E-state index in [4.69, 9.17) is 10.1 Å². The molecule has 0 amide bonds. The number of hydrogen-bond acceptors (Lipinski definition) is 5. The van der Waals surface area contributed by atoms with E-state index in [0.29, 0.717) is 40.2 Å². The van der Waals surface area contributed by atoms with Crippen molar-refractivity contribution in [1.82, 2.24) is 14.9 Å². The second-order valence-electron chi connectivity index (χ2n) is 7.48. The van der Waals surface area contributed by atoms with Gasteiger partial charge in [0.25, 0.3) is 5.56 Å². The summed E-state index contributed by atoms with van der Waals surface area (Å²) in [5.74, 6) is 0.310. The number of halogens is 3. The topological polar surface area (TPSA) is 80.0 Å². The van der Waals surface area contributed by atoms with Crippen LogP contribution in [0.25, 0.3) is 27.7 Å². The van der Waals surface area contributed by atoms with Crippen molar-refractivity contribution in [3.8, 4) is 17.0 Å². The number of nitrogens with zero attached hydrogens (tertiary/aromatic N) is 2. The highest BCUT2D eigenvalue weighted by atomic mass is 19.4. The van der Waals surface area contributed by atoms with Gasteiger partial charge in [0.2, 0.25) is 5.88 Å². The van der Waals surface area contributed by atoms with Gasteiger partial charge in [-0.3, -0.25) is 9.36 Å². The monoisotopic (exact) mass is 466 g/mol. The average molecular weight is 466 g/mol.